The maximum atomic E-state index is 4.67. The molecule has 1 N–H and O–H groups in total. The number of H-pyrrole nitrogens is 1. The van der Waals surface area contributed by atoms with Gasteiger partial charge < -0.3 is 9.88 Å². The summed E-state index contributed by atoms with van der Waals surface area (Å²) in [5, 5.41) is 0. The molecule has 0 unspecified atom stereocenters. The van der Waals surface area contributed by atoms with Crippen LogP contribution in [0.15, 0.2) is 42.5 Å². The van der Waals surface area contributed by atoms with Gasteiger partial charge in [0.25, 0.3) is 0 Å². The summed E-state index contributed by atoms with van der Waals surface area (Å²) in [6.07, 6.45) is 0. The van der Waals surface area contributed by atoms with E-state index in [0.717, 1.165) is 35.5 Å². The summed E-state index contributed by atoms with van der Waals surface area (Å²) in [6.45, 7) is 6.41. The molecule has 1 aromatic heterocycles. The van der Waals surface area contributed by atoms with E-state index in [1.165, 1.54) is 9.26 Å². The molecule has 0 atom stereocenters. The van der Waals surface area contributed by atoms with Gasteiger partial charge >= 0.3 is 0 Å². The van der Waals surface area contributed by atoms with Gasteiger partial charge in [0, 0.05) is 27.9 Å². The highest BCUT2D eigenvalue weighted by molar-refractivity contribution is 14.1. The van der Waals surface area contributed by atoms with Crippen molar-refractivity contribution in [1.29, 1.82) is 0 Å². The van der Waals surface area contributed by atoms with Crippen LogP contribution in [-0.4, -0.2) is 23.1 Å². The Morgan fingerprint density at radius 1 is 1.05 bits per heavy atom. The molecule has 0 saturated heterocycles. The third-order valence-corrected chi connectivity index (χ3v) is 4.38. The molecule has 0 aliphatic heterocycles. The summed E-state index contributed by atoms with van der Waals surface area (Å²) in [4.78, 5) is 10.4. The summed E-state index contributed by atoms with van der Waals surface area (Å²) < 4.78 is 1.21. The molecule has 0 saturated carbocycles. The molecule has 1 heterocycles. The van der Waals surface area contributed by atoms with Crippen LogP contribution < -0.4 is 4.90 Å². The molecular weight excluding hydrogens is 373 g/mol. The number of halogens is 1. The van der Waals surface area contributed by atoms with Crippen LogP contribution in [0.5, 0.6) is 0 Å². The van der Waals surface area contributed by atoms with Gasteiger partial charge in [-0.3, -0.25) is 0 Å². The molecule has 2 aromatic carbocycles. The molecule has 3 aromatic rings. The Morgan fingerprint density at radius 3 is 2.43 bits per heavy atom. The number of rotatable bonds is 4. The van der Waals surface area contributed by atoms with E-state index in [2.05, 4.69) is 93.8 Å². The summed E-state index contributed by atoms with van der Waals surface area (Å²) in [6, 6.07) is 14.9. The Morgan fingerprint density at radius 2 is 1.76 bits per heavy atom. The largest absolute Gasteiger partial charge is 0.372 e. The number of benzene rings is 2. The Bertz CT molecular complexity index is 742. The smallest absolute Gasteiger partial charge is 0.138 e. The first-order chi connectivity index (χ1) is 10.2. The molecule has 3 rings (SSSR count). The molecule has 0 aliphatic rings. The van der Waals surface area contributed by atoms with Crippen LogP contribution in [0.4, 0.5) is 5.69 Å². The minimum atomic E-state index is 0.929. The van der Waals surface area contributed by atoms with Crippen LogP contribution in [0.25, 0.3) is 22.4 Å². The van der Waals surface area contributed by atoms with Crippen molar-refractivity contribution in [3.63, 3.8) is 0 Å². The molecule has 21 heavy (non-hydrogen) atoms. The monoisotopic (exact) mass is 391 g/mol. The molecule has 0 amide bonds. The summed E-state index contributed by atoms with van der Waals surface area (Å²) in [7, 11) is 0. The van der Waals surface area contributed by atoms with Gasteiger partial charge in [-0.25, -0.2) is 4.98 Å². The first kappa shape index (κ1) is 14.4. The first-order valence-electron chi connectivity index (χ1n) is 7.22. The van der Waals surface area contributed by atoms with Gasteiger partial charge in [0.2, 0.25) is 0 Å². The second kappa shape index (κ2) is 6.05. The Hall–Kier alpha value is -1.56. The Balaban J connectivity index is 1.95. The quantitative estimate of drug-likeness (QED) is 0.655. The lowest BCUT2D eigenvalue weighted by Gasteiger charge is -2.20. The highest BCUT2D eigenvalue weighted by Gasteiger charge is 2.07. The average Bonchev–Trinajstić information content (AvgIpc) is 2.92. The van der Waals surface area contributed by atoms with Crippen LogP contribution in [-0.2, 0) is 0 Å². The Labute approximate surface area is 138 Å². The molecule has 0 spiro atoms. The summed E-state index contributed by atoms with van der Waals surface area (Å²) in [5.74, 6) is 0.929. The zero-order valence-electron chi connectivity index (χ0n) is 12.2. The molecule has 0 fully saturated rings. The lowest BCUT2D eigenvalue weighted by molar-refractivity contribution is 0.866. The van der Waals surface area contributed by atoms with E-state index >= 15 is 0 Å². The van der Waals surface area contributed by atoms with Crippen molar-refractivity contribution >= 4 is 39.3 Å². The van der Waals surface area contributed by atoms with E-state index in [1.54, 1.807) is 0 Å². The molecule has 0 radical (unpaired) electrons. The number of hydrogen-bond donors (Lipinski definition) is 1. The van der Waals surface area contributed by atoms with E-state index in [1.807, 2.05) is 0 Å². The number of aromatic nitrogens is 2. The van der Waals surface area contributed by atoms with Gasteiger partial charge in [0.05, 0.1) is 11.0 Å². The van der Waals surface area contributed by atoms with Crippen molar-refractivity contribution in [2.45, 2.75) is 13.8 Å². The summed E-state index contributed by atoms with van der Waals surface area (Å²) in [5.41, 5.74) is 4.48. The first-order valence-corrected chi connectivity index (χ1v) is 8.29. The van der Waals surface area contributed by atoms with Gasteiger partial charge in [0.1, 0.15) is 5.82 Å². The lowest BCUT2D eigenvalue weighted by atomic mass is 10.2. The van der Waals surface area contributed by atoms with E-state index in [0.29, 0.717) is 0 Å². The molecule has 4 heteroatoms. The van der Waals surface area contributed by atoms with Crippen LogP contribution in [0.2, 0.25) is 0 Å². The zero-order valence-corrected chi connectivity index (χ0v) is 14.4. The number of anilines is 1. The van der Waals surface area contributed by atoms with Gasteiger partial charge in [-0.1, -0.05) is 0 Å². The van der Waals surface area contributed by atoms with E-state index in [9.17, 15) is 0 Å². The van der Waals surface area contributed by atoms with Gasteiger partial charge in [-0.2, -0.15) is 0 Å². The predicted octanol–water partition coefficient (Wildman–Crippen LogP) is 4.68. The second-order valence-electron chi connectivity index (χ2n) is 4.97. The third-order valence-electron chi connectivity index (χ3n) is 3.71. The van der Waals surface area contributed by atoms with Crippen LogP contribution >= 0.6 is 22.6 Å². The number of imidazole rings is 1. The zero-order chi connectivity index (χ0) is 14.8. The standard InChI is InChI=1S/C17H18IN3/c1-3-21(4-2)14-8-5-12(6-9-14)17-19-15-10-7-13(18)11-16(15)20-17/h5-11H,3-4H2,1-2H3,(H,19,20). The van der Waals surface area contributed by atoms with Gasteiger partial charge in [0.15, 0.2) is 0 Å². The molecule has 0 aliphatic carbocycles. The maximum Gasteiger partial charge on any atom is 0.138 e. The number of hydrogen-bond acceptors (Lipinski definition) is 2. The predicted molar refractivity (Wildman–Crippen MR) is 97.8 cm³/mol. The van der Waals surface area contributed by atoms with E-state index in [4.69, 9.17) is 0 Å². The molecule has 0 bridgehead atoms. The van der Waals surface area contributed by atoms with Crippen molar-refractivity contribution in [3.05, 3.63) is 46.0 Å². The maximum absolute atomic E-state index is 4.67. The van der Waals surface area contributed by atoms with E-state index in [-0.39, 0.29) is 0 Å². The van der Waals surface area contributed by atoms with E-state index < -0.39 is 0 Å². The highest BCUT2D eigenvalue weighted by Crippen LogP contribution is 2.24. The number of nitrogens with one attached hydrogen (secondary N) is 1. The average molecular weight is 391 g/mol. The fraction of sp³-hybridized carbons (Fsp3) is 0.235. The van der Waals surface area contributed by atoms with Crippen molar-refractivity contribution < 1.29 is 0 Å². The Kier molecular flexibility index (Phi) is 4.14. The lowest BCUT2D eigenvalue weighted by Crippen LogP contribution is -2.21. The highest BCUT2D eigenvalue weighted by atomic mass is 127. The fourth-order valence-corrected chi connectivity index (χ4v) is 3.03. The molecule has 3 nitrogen and oxygen atoms in total. The molecular formula is C17H18IN3. The normalized spacial score (nSPS) is 11.0. The van der Waals surface area contributed by atoms with Gasteiger partial charge in [-0.15, -0.1) is 0 Å². The summed E-state index contributed by atoms with van der Waals surface area (Å²) >= 11 is 2.32. The fourth-order valence-electron chi connectivity index (χ4n) is 2.54. The second-order valence-corrected chi connectivity index (χ2v) is 6.21. The minimum absolute atomic E-state index is 0.929. The van der Waals surface area contributed by atoms with Gasteiger partial charge in [-0.05, 0) is 78.9 Å². The molecule has 108 valence electrons. The van der Waals surface area contributed by atoms with Crippen molar-refractivity contribution in [1.82, 2.24) is 9.97 Å². The van der Waals surface area contributed by atoms with Crippen molar-refractivity contribution in [2.75, 3.05) is 18.0 Å². The van der Waals surface area contributed by atoms with Crippen LogP contribution in [0.3, 0.4) is 0 Å². The number of nitrogens with zero attached hydrogens (tertiary/aromatic N) is 2. The SMILES string of the molecule is CCN(CC)c1ccc(-c2nc3ccc(I)cc3[nH]2)cc1. The topological polar surface area (TPSA) is 31.9 Å². The third kappa shape index (κ3) is 2.90. The minimum Gasteiger partial charge on any atom is -0.372 e. The van der Waals surface area contributed by atoms with Crippen LogP contribution in [0, 0.1) is 3.57 Å². The number of fused-ring (bicyclic) bond motifs is 1. The van der Waals surface area contributed by atoms with Crippen molar-refractivity contribution in [3.8, 4) is 11.4 Å². The number of aromatic amines is 1. The van der Waals surface area contributed by atoms with Crippen LogP contribution in [0.1, 0.15) is 13.8 Å². The van der Waals surface area contributed by atoms with Crippen molar-refractivity contribution in [2.24, 2.45) is 0 Å².